The third-order valence-corrected chi connectivity index (χ3v) is 4.68. The lowest BCUT2D eigenvalue weighted by molar-refractivity contribution is -0.136. The van der Waals surface area contributed by atoms with Gasteiger partial charge in [-0.3, -0.25) is 0 Å². The van der Waals surface area contributed by atoms with Crippen molar-refractivity contribution in [2.24, 2.45) is 11.8 Å². The van der Waals surface area contributed by atoms with Crippen molar-refractivity contribution in [1.29, 1.82) is 0 Å². The molecule has 20 heavy (non-hydrogen) atoms. The van der Waals surface area contributed by atoms with E-state index in [1.165, 1.54) is 57.8 Å². The third-order valence-electron chi connectivity index (χ3n) is 4.68. The van der Waals surface area contributed by atoms with E-state index in [1.54, 1.807) is 0 Å². The smallest absolute Gasteiger partial charge is 0.171 e. The molecule has 2 atom stereocenters. The van der Waals surface area contributed by atoms with Crippen molar-refractivity contribution in [3.05, 3.63) is 0 Å². The van der Waals surface area contributed by atoms with Crippen LogP contribution in [0.4, 0.5) is 13.2 Å². The molecule has 0 heterocycles. The van der Waals surface area contributed by atoms with E-state index >= 15 is 0 Å². The first kappa shape index (κ1) is 17.8. The Morgan fingerprint density at radius 2 is 1.45 bits per heavy atom. The molecule has 0 spiro atoms. The second-order valence-corrected chi connectivity index (χ2v) is 6.61. The molecule has 0 N–H and O–H groups in total. The first-order valence-electron chi connectivity index (χ1n) is 8.58. The fourth-order valence-electron chi connectivity index (χ4n) is 3.55. The lowest BCUT2D eigenvalue weighted by atomic mass is 9.77. The number of hydrogen-bond acceptors (Lipinski definition) is 0. The van der Waals surface area contributed by atoms with E-state index in [0.717, 1.165) is 18.8 Å². The summed E-state index contributed by atoms with van der Waals surface area (Å²) in [4.78, 5) is 0. The van der Waals surface area contributed by atoms with Gasteiger partial charge in [-0.2, -0.15) is 13.2 Å². The molecular weight excluding hydrogens is 261 g/mol. The van der Waals surface area contributed by atoms with Crippen LogP contribution in [-0.2, 0) is 0 Å². The third kappa shape index (κ3) is 8.86. The van der Waals surface area contributed by atoms with Gasteiger partial charge in [0.05, 0.1) is 0 Å². The summed E-state index contributed by atoms with van der Waals surface area (Å²) in [5.74, 6) is 1.35. The minimum Gasteiger partial charge on any atom is -0.171 e. The van der Waals surface area contributed by atoms with E-state index in [1.807, 2.05) is 0 Å². The standard InChI is InChI=1S/C17H31F3/c1-2-3-4-5-6-9-15-10-7-11-16(14-15)12-8-13-17(18,19)20/h15-16H,2-14H2,1H3. The summed E-state index contributed by atoms with van der Waals surface area (Å²) >= 11 is 0. The second kappa shape index (κ2) is 9.68. The molecule has 0 aliphatic heterocycles. The number of halogens is 3. The van der Waals surface area contributed by atoms with Crippen molar-refractivity contribution in [1.82, 2.24) is 0 Å². The average Bonchev–Trinajstić information content (AvgIpc) is 2.37. The molecule has 0 nitrogen and oxygen atoms in total. The summed E-state index contributed by atoms with van der Waals surface area (Å²) in [7, 11) is 0. The Bertz CT molecular complexity index is 235. The van der Waals surface area contributed by atoms with Gasteiger partial charge in [0.15, 0.2) is 0 Å². The molecule has 0 bridgehead atoms. The maximum atomic E-state index is 12.2. The number of rotatable bonds is 9. The van der Waals surface area contributed by atoms with E-state index in [4.69, 9.17) is 0 Å². The Kier molecular flexibility index (Phi) is 8.63. The maximum Gasteiger partial charge on any atom is 0.389 e. The quantitative estimate of drug-likeness (QED) is 0.406. The van der Waals surface area contributed by atoms with Gasteiger partial charge in [-0.15, -0.1) is 0 Å². The fraction of sp³-hybridized carbons (Fsp3) is 1.00. The maximum absolute atomic E-state index is 12.2. The highest BCUT2D eigenvalue weighted by Gasteiger charge is 2.28. The highest BCUT2D eigenvalue weighted by atomic mass is 19.4. The van der Waals surface area contributed by atoms with Gasteiger partial charge in [-0.1, -0.05) is 71.1 Å². The summed E-state index contributed by atoms with van der Waals surface area (Å²) in [6.45, 7) is 2.23. The van der Waals surface area contributed by atoms with Crippen LogP contribution in [0.15, 0.2) is 0 Å². The average molecular weight is 292 g/mol. The van der Waals surface area contributed by atoms with Crippen LogP contribution in [0.1, 0.15) is 90.4 Å². The molecule has 1 rings (SSSR count). The first-order chi connectivity index (χ1) is 9.51. The van der Waals surface area contributed by atoms with Crippen molar-refractivity contribution in [2.45, 2.75) is 96.6 Å². The van der Waals surface area contributed by atoms with Gasteiger partial charge in [0.1, 0.15) is 0 Å². The zero-order valence-corrected chi connectivity index (χ0v) is 13.0. The van der Waals surface area contributed by atoms with Gasteiger partial charge in [-0.25, -0.2) is 0 Å². The molecule has 0 aromatic rings. The zero-order chi connectivity index (χ0) is 14.8. The predicted molar refractivity (Wildman–Crippen MR) is 78.7 cm³/mol. The Labute approximate surface area is 122 Å². The number of hydrogen-bond donors (Lipinski definition) is 0. The predicted octanol–water partition coefficient (Wildman–Crippen LogP) is 6.89. The van der Waals surface area contributed by atoms with Gasteiger partial charge in [0.2, 0.25) is 0 Å². The molecule has 1 saturated carbocycles. The molecule has 3 heteroatoms. The van der Waals surface area contributed by atoms with Crippen LogP contribution in [0, 0.1) is 11.8 Å². The van der Waals surface area contributed by atoms with E-state index in [9.17, 15) is 13.2 Å². The fourth-order valence-corrected chi connectivity index (χ4v) is 3.55. The van der Waals surface area contributed by atoms with Gasteiger partial charge < -0.3 is 0 Å². The Morgan fingerprint density at radius 1 is 0.850 bits per heavy atom. The number of unbranched alkanes of at least 4 members (excludes halogenated alkanes) is 4. The molecule has 1 aliphatic rings. The lowest BCUT2D eigenvalue weighted by Crippen LogP contribution is -2.16. The van der Waals surface area contributed by atoms with Crippen LogP contribution in [0.5, 0.6) is 0 Å². The Morgan fingerprint density at radius 3 is 2.05 bits per heavy atom. The monoisotopic (exact) mass is 292 g/mol. The molecule has 0 aromatic heterocycles. The van der Waals surface area contributed by atoms with Gasteiger partial charge in [0, 0.05) is 6.42 Å². The van der Waals surface area contributed by atoms with Gasteiger partial charge >= 0.3 is 6.18 Å². The SMILES string of the molecule is CCCCCCCC1CCCC(CCCC(F)(F)F)C1. The lowest BCUT2D eigenvalue weighted by Gasteiger charge is -2.29. The van der Waals surface area contributed by atoms with Crippen molar-refractivity contribution in [2.75, 3.05) is 0 Å². The second-order valence-electron chi connectivity index (χ2n) is 6.61. The van der Waals surface area contributed by atoms with E-state index in [2.05, 4.69) is 6.92 Å². The Hall–Kier alpha value is -0.210. The Balaban J connectivity index is 2.09. The molecule has 120 valence electrons. The summed E-state index contributed by atoms with van der Waals surface area (Å²) in [6.07, 6.45) is 9.37. The van der Waals surface area contributed by atoms with Crippen molar-refractivity contribution < 1.29 is 13.2 Å². The molecule has 0 radical (unpaired) electrons. The molecule has 2 unspecified atom stereocenters. The van der Waals surface area contributed by atoms with Crippen LogP contribution < -0.4 is 0 Å². The highest BCUT2D eigenvalue weighted by molar-refractivity contribution is 4.73. The minimum absolute atomic E-state index is 0.331. The molecule has 0 saturated heterocycles. The van der Waals surface area contributed by atoms with Crippen molar-refractivity contribution in [3.8, 4) is 0 Å². The van der Waals surface area contributed by atoms with Crippen LogP contribution in [-0.4, -0.2) is 6.18 Å². The summed E-state index contributed by atoms with van der Waals surface area (Å²) in [6, 6.07) is 0. The molecule has 1 aliphatic carbocycles. The van der Waals surface area contributed by atoms with Crippen LogP contribution in [0.2, 0.25) is 0 Å². The molecule has 1 fully saturated rings. The number of alkyl halides is 3. The van der Waals surface area contributed by atoms with Crippen molar-refractivity contribution in [3.63, 3.8) is 0 Å². The van der Waals surface area contributed by atoms with Gasteiger partial charge in [-0.05, 0) is 24.7 Å². The zero-order valence-electron chi connectivity index (χ0n) is 13.0. The van der Waals surface area contributed by atoms with E-state index in [0.29, 0.717) is 12.3 Å². The molecule has 0 aromatic carbocycles. The normalized spacial score (nSPS) is 24.0. The molecule has 0 amide bonds. The van der Waals surface area contributed by atoms with E-state index in [-0.39, 0.29) is 0 Å². The minimum atomic E-state index is -3.96. The topological polar surface area (TPSA) is 0 Å². The van der Waals surface area contributed by atoms with Crippen molar-refractivity contribution >= 4 is 0 Å². The largest absolute Gasteiger partial charge is 0.389 e. The van der Waals surface area contributed by atoms with Crippen LogP contribution in [0.3, 0.4) is 0 Å². The first-order valence-corrected chi connectivity index (χ1v) is 8.58. The van der Waals surface area contributed by atoms with Crippen LogP contribution >= 0.6 is 0 Å². The van der Waals surface area contributed by atoms with Crippen LogP contribution in [0.25, 0.3) is 0 Å². The highest BCUT2D eigenvalue weighted by Crippen LogP contribution is 2.36. The summed E-state index contributed by atoms with van der Waals surface area (Å²) < 4.78 is 36.5. The van der Waals surface area contributed by atoms with E-state index < -0.39 is 12.6 Å². The van der Waals surface area contributed by atoms with Gasteiger partial charge in [0.25, 0.3) is 0 Å². The molecular formula is C17H31F3. The summed E-state index contributed by atoms with van der Waals surface area (Å²) in [5, 5.41) is 0. The summed E-state index contributed by atoms with van der Waals surface area (Å²) in [5.41, 5.74) is 0.